The summed E-state index contributed by atoms with van der Waals surface area (Å²) in [5.41, 5.74) is 1.23. The van der Waals surface area contributed by atoms with Crippen molar-refractivity contribution in [1.29, 1.82) is 0 Å². The van der Waals surface area contributed by atoms with Crippen molar-refractivity contribution in [2.24, 2.45) is 0 Å². The Bertz CT molecular complexity index is 419. The van der Waals surface area contributed by atoms with Gasteiger partial charge < -0.3 is 9.84 Å². The van der Waals surface area contributed by atoms with Crippen molar-refractivity contribution in [1.82, 2.24) is 10.2 Å². The molecule has 2 rings (SSSR count). The number of hydrogen-bond donors (Lipinski definition) is 2. The number of aromatic nitrogens is 2. The third kappa shape index (κ3) is 1.69. The second-order valence-electron chi connectivity index (χ2n) is 3.67. The van der Waals surface area contributed by atoms with E-state index in [-0.39, 0.29) is 17.4 Å². The average molecular weight is 210 g/mol. The van der Waals surface area contributed by atoms with Crippen LogP contribution < -0.4 is 5.56 Å². The van der Waals surface area contributed by atoms with Crippen LogP contribution in [0.2, 0.25) is 0 Å². The Morgan fingerprint density at radius 3 is 3.07 bits per heavy atom. The van der Waals surface area contributed by atoms with Crippen molar-refractivity contribution in [3.63, 3.8) is 0 Å². The van der Waals surface area contributed by atoms with Crippen LogP contribution in [0.5, 0.6) is 0 Å². The summed E-state index contributed by atoms with van der Waals surface area (Å²) in [5.74, 6) is -0.674. The second-order valence-corrected chi connectivity index (χ2v) is 3.67. The van der Waals surface area contributed by atoms with Crippen LogP contribution in [-0.4, -0.2) is 22.8 Å². The molecule has 5 heteroatoms. The van der Waals surface area contributed by atoms with Crippen molar-refractivity contribution in [2.75, 3.05) is 6.61 Å². The van der Waals surface area contributed by atoms with Crippen LogP contribution in [-0.2, 0) is 16.0 Å². The van der Waals surface area contributed by atoms with Crippen LogP contribution in [0.25, 0.3) is 0 Å². The van der Waals surface area contributed by atoms with Crippen LogP contribution in [0.3, 0.4) is 0 Å². The van der Waals surface area contributed by atoms with Crippen LogP contribution in [0.4, 0.5) is 0 Å². The summed E-state index contributed by atoms with van der Waals surface area (Å²) in [6.45, 7) is 2.12. The molecule has 0 saturated carbocycles. The van der Waals surface area contributed by atoms with E-state index in [0.29, 0.717) is 18.6 Å². The number of esters is 1. The highest BCUT2D eigenvalue weighted by atomic mass is 16.5. The Morgan fingerprint density at radius 2 is 2.33 bits per heavy atom. The molecule has 0 aliphatic heterocycles. The largest absolute Gasteiger partial charge is 0.466 e. The average Bonchev–Trinajstić information content (AvgIpc) is 2.61. The SMILES string of the molecule is CCOC(=O)C1CCCc2[nH][nH]c(=O)c21. The van der Waals surface area contributed by atoms with Gasteiger partial charge in [-0.25, -0.2) is 0 Å². The molecule has 1 aliphatic rings. The molecule has 1 unspecified atom stereocenters. The van der Waals surface area contributed by atoms with Gasteiger partial charge in [0.25, 0.3) is 5.56 Å². The van der Waals surface area contributed by atoms with Crippen molar-refractivity contribution < 1.29 is 9.53 Å². The molecule has 15 heavy (non-hydrogen) atoms. The number of rotatable bonds is 2. The maximum atomic E-state index is 11.6. The molecule has 1 aliphatic carbocycles. The molecule has 1 atom stereocenters. The summed E-state index contributed by atoms with van der Waals surface area (Å²) in [6, 6.07) is 0. The summed E-state index contributed by atoms with van der Waals surface area (Å²) < 4.78 is 4.96. The Labute approximate surface area is 86.8 Å². The van der Waals surface area contributed by atoms with E-state index >= 15 is 0 Å². The smallest absolute Gasteiger partial charge is 0.313 e. The number of fused-ring (bicyclic) bond motifs is 1. The summed E-state index contributed by atoms with van der Waals surface area (Å²) in [6.07, 6.45) is 2.43. The lowest BCUT2D eigenvalue weighted by molar-refractivity contribution is -0.145. The molecule has 0 saturated heterocycles. The molecule has 2 N–H and O–H groups in total. The van der Waals surface area contributed by atoms with Crippen LogP contribution in [0, 0.1) is 0 Å². The maximum Gasteiger partial charge on any atom is 0.313 e. The highest BCUT2D eigenvalue weighted by Crippen LogP contribution is 2.28. The van der Waals surface area contributed by atoms with Crippen LogP contribution >= 0.6 is 0 Å². The van der Waals surface area contributed by atoms with Crippen molar-refractivity contribution in [3.8, 4) is 0 Å². The zero-order valence-corrected chi connectivity index (χ0v) is 8.63. The fourth-order valence-electron chi connectivity index (χ4n) is 2.08. The molecular formula is C10H14N2O3. The highest BCUT2D eigenvalue weighted by Gasteiger charge is 2.31. The summed E-state index contributed by atoms with van der Waals surface area (Å²) in [4.78, 5) is 23.1. The Kier molecular flexibility index (Phi) is 2.62. The zero-order chi connectivity index (χ0) is 10.8. The van der Waals surface area contributed by atoms with Gasteiger partial charge in [0.1, 0.15) is 0 Å². The third-order valence-electron chi connectivity index (χ3n) is 2.74. The number of carbonyl (C=O) groups excluding carboxylic acids is 1. The lowest BCUT2D eigenvalue weighted by atomic mass is 9.87. The molecule has 1 heterocycles. The molecule has 1 aromatic rings. The zero-order valence-electron chi connectivity index (χ0n) is 8.63. The van der Waals surface area contributed by atoms with E-state index in [0.717, 1.165) is 18.5 Å². The number of H-pyrrole nitrogens is 2. The molecule has 1 aromatic heterocycles. The number of hydrogen-bond acceptors (Lipinski definition) is 3. The third-order valence-corrected chi connectivity index (χ3v) is 2.74. The van der Waals surface area contributed by atoms with E-state index in [1.807, 2.05) is 0 Å². The second kappa shape index (κ2) is 3.92. The minimum Gasteiger partial charge on any atom is -0.466 e. The summed E-state index contributed by atoms with van der Waals surface area (Å²) in [7, 11) is 0. The molecule has 0 aromatic carbocycles. The van der Waals surface area contributed by atoms with Gasteiger partial charge in [0.2, 0.25) is 0 Å². The minimum atomic E-state index is -0.385. The predicted octanol–water partition coefficient (Wildman–Crippen LogP) is 0.686. The fourth-order valence-corrected chi connectivity index (χ4v) is 2.08. The molecule has 0 fully saturated rings. The van der Waals surface area contributed by atoms with E-state index < -0.39 is 0 Å². The Morgan fingerprint density at radius 1 is 1.53 bits per heavy atom. The van der Waals surface area contributed by atoms with Crippen molar-refractivity contribution in [2.45, 2.75) is 32.1 Å². The van der Waals surface area contributed by atoms with Crippen molar-refractivity contribution >= 4 is 5.97 Å². The van der Waals surface area contributed by atoms with Gasteiger partial charge in [-0.05, 0) is 26.2 Å². The first-order chi connectivity index (χ1) is 7.24. The standard InChI is InChI=1S/C10H14N2O3/c1-2-15-10(14)6-4-3-5-7-8(6)9(13)12-11-7/h6H,2-5H2,1H3,(H2,11,12,13). The monoisotopic (exact) mass is 210 g/mol. The van der Waals surface area contributed by atoms with Crippen molar-refractivity contribution in [3.05, 3.63) is 21.6 Å². The topological polar surface area (TPSA) is 75.0 Å². The quantitative estimate of drug-likeness (QED) is 0.705. The number of nitrogens with one attached hydrogen (secondary N) is 2. The fraction of sp³-hybridized carbons (Fsp3) is 0.600. The molecule has 5 nitrogen and oxygen atoms in total. The van der Waals surface area contributed by atoms with E-state index in [1.165, 1.54) is 0 Å². The molecule has 0 spiro atoms. The summed E-state index contributed by atoms with van der Waals surface area (Å²) in [5, 5.41) is 5.33. The van der Waals surface area contributed by atoms with Gasteiger partial charge in [-0.2, -0.15) is 0 Å². The summed E-state index contributed by atoms with van der Waals surface area (Å²) >= 11 is 0. The number of ether oxygens (including phenoxy) is 1. The number of carbonyl (C=O) groups is 1. The lowest BCUT2D eigenvalue weighted by Gasteiger charge is -2.19. The van der Waals surface area contributed by atoms with Gasteiger partial charge in [-0.15, -0.1) is 0 Å². The molecule has 0 bridgehead atoms. The molecular weight excluding hydrogens is 196 g/mol. The predicted molar refractivity (Wildman–Crippen MR) is 53.7 cm³/mol. The normalized spacial score (nSPS) is 19.7. The molecule has 82 valence electrons. The number of aromatic amines is 2. The Balaban J connectivity index is 2.32. The number of aryl methyl sites for hydroxylation is 1. The van der Waals surface area contributed by atoms with Gasteiger partial charge in [0.15, 0.2) is 0 Å². The first-order valence-electron chi connectivity index (χ1n) is 5.20. The van der Waals surface area contributed by atoms with E-state index in [4.69, 9.17) is 4.74 Å². The van der Waals surface area contributed by atoms with Crippen LogP contribution in [0.1, 0.15) is 36.9 Å². The maximum absolute atomic E-state index is 11.6. The van der Waals surface area contributed by atoms with Crippen LogP contribution in [0.15, 0.2) is 4.79 Å². The van der Waals surface area contributed by atoms with Gasteiger partial charge in [0.05, 0.1) is 18.1 Å². The van der Waals surface area contributed by atoms with Gasteiger partial charge >= 0.3 is 5.97 Å². The molecule has 0 amide bonds. The van der Waals surface area contributed by atoms with Gasteiger partial charge in [-0.1, -0.05) is 0 Å². The first kappa shape index (κ1) is 10.0. The van der Waals surface area contributed by atoms with E-state index in [9.17, 15) is 9.59 Å². The Hall–Kier alpha value is -1.52. The first-order valence-corrected chi connectivity index (χ1v) is 5.20. The molecule has 0 radical (unpaired) electrons. The van der Waals surface area contributed by atoms with E-state index in [2.05, 4.69) is 10.2 Å². The van der Waals surface area contributed by atoms with Gasteiger partial charge in [0, 0.05) is 5.69 Å². The minimum absolute atomic E-state index is 0.192. The van der Waals surface area contributed by atoms with Gasteiger partial charge in [-0.3, -0.25) is 14.7 Å². The lowest BCUT2D eigenvalue weighted by Crippen LogP contribution is -2.25. The van der Waals surface area contributed by atoms with E-state index in [1.54, 1.807) is 6.92 Å². The highest BCUT2D eigenvalue weighted by molar-refractivity contribution is 5.78.